The highest BCUT2D eigenvalue weighted by Gasteiger charge is 2.26. The van der Waals surface area contributed by atoms with E-state index in [-0.39, 0.29) is 12.6 Å². The molecule has 2 rings (SSSR count). The van der Waals surface area contributed by atoms with Crippen molar-refractivity contribution in [2.24, 2.45) is 11.8 Å². The van der Waals surface area contributed by atoms with Gasteiger partial charge >= 0.3 is 0 Å². The Balaban J connectivity index is 1.88. The van der Waals surface area contributed by atoms with Gasteiger partial charge in [0.15, 0.2) is 0 Å². The molecule has 0 bridgehead atoms. The SMILES string of the molecule is CC1CCC(N[C@H](CO)Cc2ccccc2)C(C)C1. The Morgan fingerprint density at radius 3 is 2.58 bits per heavy atom. The molecule has 3 unspecified atom stereocenters. The van der Waals surface area contributed by atoms with Gasteiger partial charge in [0.1, 0.15) is 0 Å². The number of hydrogen-bond donors (Lipinski definition) is 2. The summed E-state index contributed by atoms with van der Waals surface area (Å²) in [6.07, 6.45) is 4.77. The maximum Gasteiger partial charge on any atom is 0.0587 e. The molecular formula is C17H27NO. The topological polar surface area (TPSA) is 32.3 Å². The zero-order chi connectivity index (χ0) is 13.7. The fourth-order valence-electron chi connectivity index (χ4n) is 3.29. The van der Waals surface area contributed by atoms with E-state index in [0.717, 1.165) is 12.3 Å². The molecule has 1 fully saturated rings. The highest BCUT2D eigenvalue weighted by Crippen LogP contribution is 2.29. The lowest BCUT2D eigenvalue weighted by molar-refractivity contribution is 0.176. The Morgan fingerprint density at radius 2 is 1.95 bits per heavy atom. The average Bonchev–Trinajstić information content (AvgIpc) is 2.42. The van der Waals surface area contributed by atoms with Crippen LogP contribution in [0.5, 0.6) is 0 Å². The van der Waals surface area contributed by atoms with E-state index in [4.69, 9.17) is 0 Å². The fourth-order valence-corrected chi connectivity index (χ4v) is 3.29. The molecule has 0 radical (unpaired) electrons. The molecule has 0 amide bonds. The minimum Gasteiger partial charge on any atom is -0.395 e. The second-order valence-corrected chi connectivity index (χ2v) is 6.24. The molecule has 1 saturated carbocycles. The third kappa shape index (κ3) is 4.32. The summed E-state index contributed by atoms with van der Waals surface area (Å²) in [6.45, 7) is 4.90. The van der Waals surface area contributed by atoms with Crippen LogP contribution in [0.2, 0.25) is 0 Å². The van der Waals surface area contributed by atoms with Crippen molar-refractivity contribution in [1.82, 2.24) is 5.32 Å². The Hall–Kier alpha value is -0.860. The monoisotopic (exact) mass is 261 g/mol. The fraction of sp³-hybridized carbons (Fsp3) is 0.647. The average molecular weight is 261 g/mol. The van der Waals surface area contributed by atoms with Gasteiger partial charge in [-0.3, -0.25) is 0 Å². The first-order chi connectivity index (χ1) is 9.19. The minimum absolute atomic E-state index is 0.184. The number of aliphatic hydroxyl groups excluding tert-OH is 1. The van der Waals surface area contributed by atoms with E-state index in [1.165, 1.54) is 24.8 Å². The second-order valence-electron chi connectivity index (χ2n) is 6.24. The van der Waals surface area contributed by atoms with Gasteiger partial charge in [0.2, 0.25) is 0 Å². The van der Waals surface area contributed by atoms with Crippen LogP contribution in [0, 0.1) is 11.8 Å². The predicted molar refractivity (Wildman–Crippen MR) is 80.1 cm³/mol. The first-order valence-corrected chi connectivity index (χ1v) is 7.60. The molecule has 1 aliphatic rings. The molecule has 4 atom stereocenters. The molecule has 2 N–H and O–H groups in total. The van der Waals surface area contributed by atoms with Crippen LogP contribution in [0.15, 0.2) is 30.3 Å². The molecule has 0 heterocycles. The Labute approximate surface area is 117 Å². The lowest BCUT2D eigenvalue weighted by atomic mass is 9.79. The summed E-state index contributed by atoms with van der Waals surface area (Å²) in [5, 5.41) is 13.3. The summed E-state index contributed by atoms with van der Waals surface area (Å²) in [6, 6.07) is 11.2. The van der Waals surface area contributed by atoms with Crippen molar-refractivity contribution >= 4 is 0 Å². The summed E-state index contributed by atoms with van der Waals surface area (Å²) in [4.78, 5) is 0. The smallest absolute Gasteiger partial charge is 0.0587 e. The largest absolute Gasteiger partial charge is 0.395 e. The van der Waals surface area contributed by atoms with Crippen molar-refractivity contribution in [2.75, 3.05) is 6.61 Å². The van der Waals surface area contributed by atoms with Gasteiger partial charge in [-0.2, -0.15) is 0 Å². The molecular weight excluding hydrogens is 234 g/mol. The van der Waals surface area contributed by atoms with E-state index in [1.807, 2.05) is 6.07 Å². The Kier molecular flexibility index (Phi) is 5.41. The van der Waals surface area contributed by atoms with Crippen LogP contribution < -0.4 is 5.32 Å². The lowest BCUT2D eigenvalue weighted by Crippen LogP contribution is -2.47. The molecule has 0 spiro atoms. The van der Waals surface area contributed by atoms with E-state index in [1.54, 1.807) is 0 Å². The standard InChI is InChI=1S/C17H27NO/c1-13-8-9-17(14(2)10-13)18-16(12-19)11-15-6-4-3-5-7-15/h3-7,13-14,16-19H,8-12H2,1-2H3/t13?,14?,16-,17?/m0/s1. The van der Waals surface area contributed by atoms with Gasteiger partial charge in [-0.15, -0.1) is 0 Å². The van der Waals surface area contributed by atoms with Crippen LogP contribution in [0.25, 0.3) is 0 Å². The Bertz CT molecular complexity index is 365. The first kappa shape index (κ1) is 14.5. The van der Waals surface area contributed by atoms with Crippen molar-refractivity contribution in [3.05, 3.63) is 35.9 Å². The first-order valence-electron chi connectivity index (χ1n) is 7.60. The van der Waals surface area contributed by atoms with Gasteiger partial charge in [0, 0.05) is 12.1 Å². The quantitative estimate of drug-likeness (QED) is 0.854. The third-order valence-corrected chi connectivity index (χ3v) is 4.43. The molecule has 0 aliphatic heterocycles. The molecule has 1 aliphatic carbocycles. The van der Waals surface area contributed by atoms with Crippen LogP contribution in [-0.2, 0) is 6.42 Å². The molecule has 2 heteroatoms. The second kappa shape index (κ2) is 7.06. The van der Waals surface area contributed by atoms with E-state index in [0.29, 0.717) is 12.0 Å². The van der Waals surface area contributed by atoms with Crippen molar-refractivity contribution in [3.63, 3.8) is 0 Å². The van der Waals surface area contributed by atoms with E-state index < -0.39 is 0 Å². The summed E-state index contributed by atoms with van der Waals surface area (Å²) >= 11 is 0. The number of aliphatic hydroxyl groups is 1. The van der Waals surface area contributed by atoms with E-state index in [9.17, 15) is 5.11 Å². The summed E-state index contributed by atoms with van der Waals surface area (Å²) < 4.78 is 0. The maximum absolute atomic E-state index is 9.59. The van der Waals surface area contributed by atoms with Crippen molar-refractivity contribution < 1.29 is 5.11 Å². The molecule has 19 heavy (non-hydrogen) atoms. The van der Waals surface area contributed by atoms with Gasteiger partial charge in [-0.25, -0.2) is 0 Å². The minimum atomic E-state index is 0.184. The number of benzene rings is 1. The summed E-state index contributed by atoms with van der Waals surface area (Å²) in [7, 11) is 0. The molecule has 1 aromatic rings. The van der Waals surface area contributed by atoms with Crippen LogP contribution in [0.1, 0.15) is 38.7 Å². The molecule has 1 aromatic carbocycles. The van der Waals surface area contributed by atoms with Crippen molar-refractivity contribution in [1.29, 1.82) is 0 Å². The third-order valence-electron chi connectivity index (χ3n) is 4.43. The Morgan fingerprint density at radius 1 is 1.21 bits per heavy atom. The van der Waals surface area contributed by atoms with Gasteiger partial charge in [0.05, 0.1) is 6.61 Å². The molecule has 0 saturated heterocycles. The van der Waals surface area contributed by atoms with Gasteiger partial charge in [-0.1, -0.05) is 44.2 Å². The van der Waals surface area contributed by atoms with Crippen LogP contribution in [-0.4, -0.2) is 23.8 Å². The van der Waals surface area contributed by atoms with Gasteiger partial charge in [-0.05, 0) is 43.1 Å². The zero-order valence-corrected chi connectivity index (χ0v) is 12.2. The summed E-state index contributed by atoms with van der Waals surface area (Å²) in [5.41, 5.74) is 1.30. The van der Waals surface area contributed by atoms with Crippen molar-refractivity contribution in [2.45, 2.75) is 51.6 Å². The van der Waals surface area contributed by atoms with Crippen LogP contribution in [0.3, 0.4) is 0 Å². The van der Waals surface area contributed by atoms with E-state index in [2.05, 4.69) is 43.4 Å². The summed E-state index contributed by atoms with van der Waals surface area (Å²) in [5.74, 6) is 1.57. The highest BCUT2D eigenvalue weighted by atomic mass is 16.3. The van der Waals surface area contributed by atoms with Gasteiger partial charge < -0.3 is 10.4 Å². The molecule has 2 nitrogen and oxygen atoms in total. The normalized spacial score (nSPS) is 29.1. The van der Waals surface area contributed by atoms with Crippen LogP contribution >= 0.6 is 0 Å². The number of hydrogen-bond acceptors (Lipinski definition) is 2. The van der Waals surface area contributed by atoms with E-state index >= 15 is 0 Å². The van der Waals surface area contributed by atoms with Crippen molar-refractivity contribution in [3.8, 4) is 0 Å². The zero-order valence-electron chi connectivity index (χ0n) is 12.2. The number of nitrogens with one attached hydrogen (secondary N) is 1. The number of rotatable bonds is 5. The van der Waals surface area contributed by atoms with Gasteiger partial charge in [0.25, 0.3) is 0 Å². The lowest BCUT2D eigenvalue weighted by Gasteiger charge is -2.35. The predicted octanol–water partition coefficient (Wildman–Crippen LogP) is 3.00. The maximum atomic E-state index is 9.59. The molecule has 106 valence electrons. The highest BCUT2D eigenvalue weighted by molar-refractivity contribution is 5.16. The molecule has 0 aromatic heterocycles. The van der Waals surface area contributed by atoms with Crippen LogP contribution in [0.4, 0.5) is 0 Å².